The van der Waals surface area contributed by atoms with Crippen LogP contribution in [0.1, 0.15) is 10.4 Å². The molecule has 3 N–H and O–H groups in total. The molecule has 0 radical (unpaired) electrons. The van der Waals surface area contributed by atoms with E-state index in [0.29, 0.717) is 25.3 Å². The van der Waals surface area contributed by atoms with E-state index in [-0.39, 0.29) is 12.5 Å². The number of carbonyl (C=O) groups is 1. The van der Waals surface area contributed by atoms with Crippen LogP contribution >= 0.6 is 0 Å². The third kappa shape index (κ3) is 2.88. The van der Waals surface area contributed by atoms with E-state index in [9.17, 15) is 4.79 Å². The van der Waals surface area contributed by atoms with Crippen molar-refractivity contribution in [3.05, 3.63) is 36.0 Å². The maximum Gasteiger partial charge on any atom is 0.253 e. The zero-order valence-corrected chi connectivity index (χ0v) is 9.98. The van der Waals surface area contributed by atoms with E-state index in [4.69, 9.17) is 9.84 Å². The Morgan fingerprint density at radius 1 is 1.33 bits per heavy atom. The Balaban J connectivity index is 1.93. The summed E-state index contributed by atoms with van der Waals surface area (Å²) >= 11 is 0. The third-order valence-corrected chi connectivity index (χ3v) is 2.60. The quantitative estimate of drug-likeness (QED) is 0.665. The van der Waals surface area contributed by atoms with Gasteiger partial charge in [0.25, 0.3) is 5.91 Å². The van der Waals surface area contributed by atoms with Crippen LogP contribution in [0.15, 0.2) is 30.5 Å². The minimum atomic E-state index is -0.125. The number of amides is 1. The number of ether oxygens (including phenoxy) is 1. The van der Waals surface area contributed by atoms with Crippen LogP contribution in [0.3, 0.4) is 0 Å². The highest BCUT2D eigenvalue weighted by molar-refractivity contribution is 6.06. The van der Waals surface area contributed by atoms with Crippen LogP contribution in [0.25, 0.3) is 10.9 Å². The normalized spacial score (nSPS) is 10.7. The maximum absolute atomic E-state index is 11.9. The lowest BCUT2D eigenvalue weighted by molar-refractivity contribution is 0.0839. The van der Waals surface area contributed by atoms with Gasteiger partial charge in [0, 0.05) is 23.6 Å². The van der Waals surface area contributed by atoms with E-state index < -0.39 is 0 Å². The molecule has 0 saturated carbocycles. The van der Waals surface area contributed by atoms with Gasteiger partial charge in [-0.05, 0) is 6.07 Å². The molecule has 0 saturated heterocycles. The number of nitrogens with one attached hydrogen (secondary N) is 2. The van der Waals surface area contributed by atoms with Crippen molar-refractivity contribution >= 4 is 16.8 Å². The molecule has 0 aliphatic heterocycles. The molecule has 18 heavy (non-hydrogen) atoms. The molecule has 5 heteroatoms. The van der Waals surface area contributed by atoms with Crippen LogP contribution in [-0.4, -0.2) is 42.4 Å². The molecule has 1 heterocycles. The summed E-state index contributed by atoms with van der Waals surface area (Å²) in [5.74, 6) is -0.125. The average Bonchev–Trinajstić information content (AvgIpc) is 2.82. The lowest BCUT2D eigenvalue weighted by Gasteiger charge is -2.04. The molecule has 5 nitrogen and oxygen atoms in total. The van der Waals surface area contributed by atoms with Crippen molar-refractivity contribution in [2.45, 2.75) is 0 Å². The van der Waals surface area contributed by atoms with Crippen LogP contribution < -0.4 is 5.32 Å². The van der Waals surface area contributed by atoms with Crippen molar-refractivity contribution in [2.75, 3.05) is 26.4 Å². The standard InChI is InChI=1S/C13H16N2O3/c16-6-8-18-7-5-14-13(17)11-9-15-12-4-2-1-3-10(11)12/h1-4,9,15-16H,5-8H2,(H,14,17). The first kappa shape index (κ1) is 12.6. The number of aliphatic hydroxyl groups excluding tert-OH is 1. The van der Waals surface area contributed by atoms with Crippen molar-refractivity contribution in [1.82, 2.24) is 10.3 Å². The number of para-hydroxylation sites is 1. The number of aliphatic hydroxyl groups is 1. The molecule has 1 aromatic heterocycles. The first-order chi connectivity index (χ1) is 8.83. The first-order valence-corrected chi connectivity index (χ1v) is 5.86. The zero-order valence-electron chi connectivity index (χ0n) is 9.98. The van der Waals surface area contributed by atoms with Gasteiger partial charge in [-0.25, -0.2) is 0 Å². The maximum atomic E-state index is 11.9. The van der Waals surface area contributed by atoms with E-state index in [1.54, 1.807) is 6.20 Å². The number of hydrogen-bond acceptors (Lipinski definition) is 3. The van der Waals surface area contributed by atoms with E-state index >= 15 is 0 Å². The van der Waals surface area contributed by atoms with E-state index in [0.717, 1.165) is 10.9 Å². The van der Waals surface area contributed by atoms with Gasteiger partial charge in [-0.15, -0.1) is 0 Å². The molecule has 2 rings (SSSR count). The molecule has 0 atom stereocenters. The predicted octanol–water partition coefficient (Wildman–Crippen LogP) is 0.907. The van der Waals surface area contributed by atoms with Crippen molar-refractivity contribution in [3.8, 4) is 0 Å². The Kier molecular flexibility index (Phi) is 4.33. The van der Waals surface area contributed by atoms with Gasteiger partial charge < -0.3 is 20.1 Å². The Bertz CT molecular complexity index is 522. The number of rotatable bonds is 6. The second kappa shape index (κ2) is 6.18. The fourth-order valence-electron chi connectivity index (χ4n) is 1.76. The number of fused-ring (bicyclic) bond motifs is 1. The molecule has 2 aromatic rings. The molecule has 0 bridgehead atoms. The van der Waals surface area contributed by atoms with Gasteiger partial charge in [0.15, 0.2) is 0 Å². The van der Waals surface area contributed by atoms with Gasteiger partial charge >= 0.3 is 0 Å². The molecular weight excluding hydrogens is 232 g/mol. The summed E-state index contributed by atoms with van der Waals surface area (Å²) in [6.07, 6.45) is 1.70. The van der Waals surface area contributed by atoms with Crippen molar-refractivity contribution in [3.63, 3.8) is 0 Å². The lowest BCUT2D eigenvalue weighted by atomic mass is 10.1. The van der Waals surface area contributed by atoms with Crippen molar-refractivity contribution < 1.29 is 14.6 Å². The first-order valence-electron chi connectivity index (χ1n) is 5.86. The van der Waals surface area contributed by atoms with Gasteiger partial charge in [0.1, 0.15) is 0 Å². The lowest BCUT2D eigenvalue weighted by Crippen LogP contribution is -2.27. The minimum Gasteiger partial charge on any atom is -0.394 e. The summed E-state index contributed by atoms with van der Waals surface area (Å²) in [6, 6.07) is 7.65. The Labute approximate surface area is 105 Å². The van der Waals surface area contributed by atoms with Crippen LogP contribution in [0, 0.1) is 0 Å². The molecule has 0 fully saturated rings. The number of carbonyl (C=O) groups excluding carboxylic acids is 1. The van der Waals surface area contributed by atoms with Crippen LogP contribution in [0.5, 0.6) is 0 Å². The molecule has 0 aliphatic rings. The highest BCUT2D eigenvalue weighted by Gasteiger charge is 2.10. The average molecular weight is 248 g/mol. The third-order valence-electron chi connectivity index (χ3n) is 2.60. The summed E-state index contributed by atoms with van der Waals surface area (Å²) in [4.78, 5) is 15.0. The summed E-state index contributed by atoms with van der Waals surface area (Å²) in [7, 11) is 0. The molecule has 1 amide bonds. The number of aromatic amines is 1. The Morgan fingerprint density at radius 3 is 3.00 bits per heavy atom. The van der Waals surface area contributed by atoms with Crippen LogP contribution in [-0.2, 0) is 4.74 Å². The van der Waals surface area contributed by atoms with Gasteiger partial charge in [0.05, 0.1) is 25.4 Å². The zero-order chi connectivity index (χ0) is 12.8. The smallest absolute Gasteiger partial charge is 0.253 e. The molecule has 0 spiro atoms. The number of aromatic nitrogens is 1. The number of hydrogen-bond donors (Lipinski definition) is 3. The molecule has 0 aliphatic carbocycles. The highest BCUT2D eigenvalue weighted by Crippen LogP contribution is 2.17. The van der Waals surface area contributed by atoms with Gasteiger partial charge in [-0.3, -0.25) is 4.79 Å². The van der Waals surface area contributed by atoms with E-state index in [2.05, 4.69) is 10.3 Å². The molecular formula is C13H16N2O3. The Morgan fingerprint density at radius 2 is 2.17 bits per heavy atom. The van der Waals surface area contributed by atoms with E-state index in [1.807, 2.05) is 24.3 Å². The number of H-pyrrole nitrogens is 1. The topological polar surface area (TPSA) is 74.3 Å². The second-order valence-corrected chi connectivity index (χ2v) is 3.84. The minimum absolute atomic E-state index is 0.00358. The van der Waals surface area contributed by atoms with Gasteiger partial charge in [-0.2, -0.15) is 0 Å². The van der Waals surface area contributed by atoms with E-state index in [1.165, 1.54) is 0 Å². The summed E-state index contributed by atoms with van der Waals surface area (Å²) in [6.45, 7) is 1.12. The summed E-state index contributed by atoms with van der Waals surface area (Å²) in [5, 5.41) is 12.2. The predicted molar refractivity (Wildman–Crippen MR) is 68.5 cm³/mol. The Hall–Kier alpha value is -1.85. The van der Waals surface area contributed by atoms with Crippen LogP contribution in [0.2, 0.25) is 0 Å². The summed E-state index contributed by atoms with van der Waals surface area (Å²) < 4.78 is 5.07. The fourth-order valence-corrected chi connectivity index (χ4v) is 1.76. The number of benzene rings is 1. The highest BCUT2D eigenvalue weighted by atomic mass is 16.5. The van der Waals surface area contributed by atoms with Gasteiger partial charge in [0.2, 0.25) is 0 Å². The molecule has 96 valence electrons. The van der Waals surface area contributed by atoms with Crippen molar-refractivity contribution in [1.29, 1.82) is 0 Å². The van der Waals surface area contributed by atoms with Crippen LogP contribution in [0.4, 0.5) is 0 Å². The second-order valence-electron chi connectivity index (χ2n) is 3.84. The SMILES string of the molecule is O=C(NCCOCCO)c1c[nH]c2ccccc12. The monoisotopic (exact) mass is 248 g/mol. The van der Waals surface area contributed by atoms with Crippen molar-refractivity contribution in [2.24, 2.45) is 0 Å². The molecule has 1 aromatic carbocycles. The van der Waals surface area contributed by atoms with Gasteiger partial charge in [-0.1, -0.05) is 18.2 Å². The summed E-state index contributed by atoms with van der Waals surface area (Å²) in [5.41, 5.74) is 1.58. The molecule has 0 unspecified atom stereocenters. The fraction of sp³-hybridized carbons (Fsp3) is 0.308. The largest absolute Gasteiger partial charge is 0.394 e.